The number of aryl methyl sites for hydroxylation is 1. The Balaban J connectivity index is 0.000000791. The number of allylic oxidation sites excluding steroid dienone is 3. The molecule has 0 saturated heterocycles. The zero-order chi connectivity index (χ0) is 11.0. The summed E-state index contributed by atoms with van der Waals surface area (Å²) < 4.78 is 0. The second kappa shape index (κ2) is 7.01. The van der Waals surface area contributed by atoms with Gasteiger partial charge in [-0.2, -0.15) is 0 Å². The highest BCUT2D eigenvalue weighted by Gasteiger charge is 2.00. The molecule has 0 amide bonds. The van der Waals surface area contributed by atoms with Crippen LogP contribution in [0.25, 0.3) is 5.57 Å². The summed E-state index contributed by atoms with van der Waals surface area (Å²) in [5, 5.41) is 0. The van der Waals surface area contributed by atoms with Gasteiger partial charge in [-0.3, -0.25) is 0 Å². The van der Waals surface area contributed by atoms with Crippen LogP contribution in [-0.2, 0) is 0 Å². The maximum atomic E-state index is 4.10. The summed E-state index contributed by atoms with van der Waals surface area (Å²) in [6.45, 7) is 11.7. The van der Waals surface area contributed by atoms with Crippen molar-refractivity contribution in [2.45, 2.75) is 27.7 Å². The van der Waals surface area contributed by atoms with Crippen molar-refractivity contribution in [3.05, 3.63) is 42.5 Å². The molecule has 1 heterocycles. The Bertz CT molecular complexity index is 314. The molecule has 2 heteroatoms. The predicted molar refractivity (Wildman–Crippen MR) is 62.0 cm³/mol. The normalized spacial score (nSPS) is 10.1. The van der Waals surface area contributed by atoms with Gasteiger partial charge in [-0.25, -0.2) is 9.97 Å². The molecule has 1 aromatic heterocycles. The number of rotatable bonds is 2. The second-order valence-corrected chi connectivity index (χ2v) is 2.47. The van der Waals surface area contributed by atoms with Gasteiger partial charge in [0.15, 0.2) is 0 Å². The maximum Gasteiger partial charge on any atom is 0.115 e. The predicted octanol–water partition coefficient (Wildman–Crippen LogP) is 3.40. The lowest BCUT2D eigenvalue weighted by molar-refractivity contribution is 1.09. The van der Waals surface area contributed by atoms with E-state index in [1.807, 2.05) is 39.8 Å². The van der Waals surface area contributed by atoms with Gasteiger partial charge >= 0.3 is 0 Å². The lowest BCUT2D eigenvalue weighted by atomic mass is 10.1. The van der Waals surface area contributed by atoms with Crippen molar-refractivity contribution in [1.29, 1.82) is 0 Å². The van der Waals surface area contributed by atoms with E-state index in [0.29, 0.717) is 0 Å². The van der Waals surface area contributed by atoms with Crippen molar-refractivity contribution in [1.82, 2.24) is 9.97 Å². The van der Waals surface area contributed by atoms with E-state index in [1.165, 1.54) is 0 Å². The third-order valence-electron chi connectivity index (χ3n) is 1.75. The molecule has 0 bridgehead atoms. The third-order valence-corrected chi connectivity index (χ3v) is 1.75. The first-order valence-electron chi connectivity index (χ1n) is 4.85. The first-order chi connectivity index (χ1) is 6.79. The van der Waals surface area contributed by atoms with E-state index >= 15 is 0 Å². The highest BCUT2D eigenvalue weighted by molar-refractivity contribution is 5.73. The van der Waals surface area contributed by atoms with Crippen LogP contribution in [0, 0.1) is 6.92 Å². The second-order valence-electron chi connectivity index (χ2n) is 2.47. The van der Waals surface area contributed by atoms with Gasteiger partial charge in [-0.15, -0.1) is 0 Å². The zero-order valence-corrected chi connectivity index (χ0v) is 9.41. The fourth-order valence-electron chi connectivity index (χ4n) is 1.06. The topological polar surface area (TPSA) is 25.8 Å². The fourth-order valence-corrected chi connectivity index (χ4v) is 1.06. The molecule has 0 unspecified atom stereocenters. The molecular formula is C12H18N2. The molecule has 0 spiro atoms. The van der Waals surface area contributed by atoms with E-state index in [2.05, 4.69) is 16.5 Å². The van der Waals surface area contributed by atoms with E-state index in [4.69, 9.17) is 0 Å². The van der Waals surface area contributed by atoms with E-state index in [1.54, 1.807) is 12.5 Å². The van der Waals surface area contributed by atoms with E-state index in [-0.39, 0.29) is 0 Å². The van der Waals surface area contributed by atoms with Gasteiger partial charge in [-0.05, 0) is 19.4 Å². The number of hydrogen-bond acceptors (Lipinski definition) is 2. The highest BCUT2D eigenvalue weighted by atomic mass is 14.8. The summed E-state index contributed by atoms with van der Waals surface area (Å²) in [6, 6.07) is 0. The van der Waals surface area contributed by atoms with Crippen LogP contribution in [0.3, 0.4) is 0 Å². The number of hydrogen-bond donors (Lipinski definition) is 0. The molecule has 0 aliphatic carbocycles. The largest absolute Gasteiger partial charge is 0.244 e. The van der Waals surface area contributed by atoms with E-state index < -0.39 is 0 Å². The van der Waals surface area contributed by atoms with Gasteiger partial charge in [0.2, 0.25) is 0 Å². The van der Waals surface area contributed by atoms with Crippen molar-refractivity contribution >= 4 is 5.57 Å². The van der Waals surface area contributed by atoms with Crippen LogP contribution in [0.15, 0.2) is 31.3 Å². The standard InChI is InChI=1S/C10H12N2.C2H6/c1-4-9(5-2)10-6-11-7-12-8(10)3;1-2/h4-7H,1H2,2-3H3;1-2H3/b9-5-;. The Kier molecular flexibility index (Phi) is 6.29. The van der Waals surface area contributed by atoms with Gasteiger partial charge < -0.3 is 0 Å². The molecule has 0 saturated carbocycles. The molecule has 0 aliphatic rings. The molecule has 76 valence electrons. The van der Waals surface area contributed by atoms with Crippen LogP contribution in [0.1, 0.15) is 32.0 Å². The van der Waals surface area contributed by atoms with Crippen molar-refractivity contribution < 1.29 is 0 Å². The number of aromatic nitrogens is 2. The summed E-state index contributed by atoms with van der Waals surface area (Å²) in [5.74, 6) is 0. The average molecular weight is 190 g/mol. The first kappa shape index (κ1) is 12.6. The molecule has 2 nitrogen and oxygen atoms in total. The van der Waals surface area contributed by atoms with Crippen molar-refractivity contribution in [3.8, 4) is 0 Å². The Hall–Kier alpha value is -1.44. The van der Waals surface area contributed by atoms with E-state index in [9.17, 15) is 0 Å². The Morgan fingerprint density at radius 2 is 2.07 bits per heavy atom. The lowest BCUT2D eigenvalue weighted by Gasteiger charge is -2.02. The highest BCUT2D eigenvalue weighted by Crippen LogP contribution is 2.15. The molecular weight excluding hydrogens is 172 g/mol. The molecule has 0 aliphatic heterocycles. The fraction of sp³-hybridized carbons (Fsp3) is 0.333. The summed E-state index contributed by atoms with van der Waals surface area (Å²) in [6.07, 6.45) is 7.17. The Labute approximate surface area is 86.4 Å². The minimum Gasteiger partial charge on any atom is -0.244 e. The van der Waals surface area contributed by atoms with Crippen LogP contribution < -0.4 is 0 Å². The first-order valence-corrected chi connectivity index (χ1v) is 4.85. The Morgan fingerprint density at radius 1 is 1.43 bits per heavy atom. The molecule has 0 fully saturated rings. The van der Waals surface area contributed by atoms with Gasteiger partial charge in [0.1, 0.15) is 6.33 Å². The molecule has 1 aromatic rings. The van der Waals surface area contributed by atoms with E-state index in [0.717, 1.165) is 16.8 Å². The van der Waals surface area contributed by atoms with Crippen LogP contribution >= 0.6 is 0 Å². The van der Waals surface area contributed by atoms with Crippen LogP contribution in [0.2, 0.25) is 0 Å². The minimum absolute atomic E-state index is 0.984. The van der Waals surface area contributed by atoms with Gasteiger partial charge in [-0.1, -0.05) is 32.6 Å². The van der Waals surface area contributed by atoms with Crippen LogP contribution in [0.4, 0.5) is 0 Å². The summed E-state index contributed by atoms with van der Waals surface area (Å²) in [5.41, 5.74) is 3.11. The summed E-state index contributed by atoms with van der Waals surface area (Å²) in [7, 11) is 0. The molecule has 0 radical (unpaired) electrons. The molecule has 1 rings (SSSR count). The maximum absolute atomic E-state index is 4.10. The van der Waals surface area contributed by atoms with Gasteiger partial charge in [0, 0.05) is 17.5 Å². The Morgan fingerprint density at radius 3 is 2.50 bits per heavy atom. The summed E-state index contributed by atoms with van der Waals surface area (Å²) >= 11 is 0. The van der Waals surface area contributed by atoms with Gasteiger partial charge in [0.25, 0.3) is 0 Å². The molecule has 0 N–H and O–H groups in total. The average Bonchev–Trinajstić information content (AvgIpc) is 2.25. The lowest BCUT2D eigenvalue weighted by Crippen LogP contribution is -1.91. The molecule has 0 aromatic carbocycles. The van der Waals surface area contributed by atoms with Crippen molar-refractivity contribution in [3.63, 3.8) is 0 Å². The third kappa shape index (κ3) is 3.13. The smallest absolute Gasteiger partial charge is 0.115 e. The number of nitrogens with zero attached hydrogens (tertiary/aromatic N) is 2. The SMILES string of the molecule is C=C/C(=C/C)c1cncnc1C.CC. The molecule has 0 atom stereocenters. The summed E-state index contributed by atoms with van der Waals surface area (Å²) in [4.78, 5) is 8.06. The minimum atomic E-state index is 0.984. The van der Waals surface area contributed by atoms with Gasteiger partial charge in [0.05, 0.1) is 0 Å². The quantitative estimate of drug-likeness (QED) is 0.668. The monoisotopic (exact) mass is 190 g/mol. The van der Waals surface area contributed by atoms with Crippen molar-refractivity contribution in [2.75, 3.05) is 0 Å². The zero-order valence-electron chi connectivity index (χ0n) is 9.41. The molecule has 14 heavy (non-hydrogen) atoms. The van der Waals surface area contributed by atoms with Crippen LogP contribution in [-0.4, -0.2) is 9.97 Å². The van der Waals surface area contributed by atoms with Crippen molar-refractivity contribution in [2.24, 2.45) is 0 Å². The van der Waals surface area contributed by atoms with Crippen LogP contribution in [0.5, 0.6) is 0 Å².